The zero-order valence-electron chi connectivity index (χ0n) is 20.6. The van der Waals surface area contributed by atoms with Gasteiger partial charge in [-0.1, -0.05) is 6.42 Å². The number of hydrogen-bond acceptors (Lipinski definition) is 12. The Morgan fingerprint density at radius 2 is 1.50 bits per heavy atom. The number of ether oxygens (including phenoxy) is 3. The van der Waals surface area contributed by atoms with Crippen LogP contribution < -0.4 is 0 Å². The van der Waals surface area contributed by atoms with Gasteiger partial charge in [-0.3, -0.25) is 14.3 Å². The SMILES string of the molecule is CCOP(=O)(CN(CCOC(=O)CCCCCO)CCOC(=O)C(C)OC(=O)C(C)O)OCC. The summed E-state index contributed by atoms with van der Waals surface area (Å²) in [7, 11) is -3.45. The first-order valence-corrected chi connectivity index (χ1v) is 13.2. The van der Waals surface area contributed by atoms with E-state index in [0.29, 0.717) is 12.8 Å². The van der Waals surface area contributed by atoms with Gasteiger partial charge in [0.15, 0.2) is 6.10 Å². The molecule has 0 aliphatic heterocycles. The number of hydrogen-bond donors (Lipinski definition) is 2. The summed E-state index contributed by atoms with van der Waals surface area (Å²) < 4.78 is 38.6. The van der Waals surface area contributed by atoms with Crippen LogP contribution in [-0.2, 0) is 42.2 Å². The van der Waals surface area contributed by atoms with Crippen molar-refractivity contribution >= 4 is 25.5 Å². The zero-order chi connectivity index (χ0) is 26.0. The van der Waals surface area contributed by atoms with Crippen molar-refractivity contribution in [3.05, 3.63) is 0 Å². The fourth-order valence-corrected chi connectivity index (χ4v) is 4.44. The van der Waals surface area contributed by atoms with Crippen LogP contribution >= 0.6 is 7.60 Å². The Kier molecular flexibility index (Phi) is 17.9. The smallest absolute Gasteiger partial charge is 0.347 e. The molecule has 2 unspecified atom stereocenters. The molecule has 0 fully saturated rings. The number of nitrogens with zero attached hydrogens (tertiary/aromatic N) is 1. The molecule has 0 aromatic heterocycles. The third-order valence-corrected chi connectivity index (χ3v) is 6.40. The molecule has 0 aromatic rings. The van der Waals surface area contributed by atoms with Gasteiger partial charge in [0, 0.05) is 26.1 Å². The fourth-order valence-electron chi connectivity index (χ4n) is 2.64. The van der Waals surface area contributed by atoms with Crippen molar-refractivity contribution < 1.29 is 52.4 Å². The van der Waals surface area contributed by atoms with Crippen LogP contribution in [0.4, 0.5) is 0 Å². The first-order chi connectivity index (χ1) is 16.1. The molecule has 0 bridgehead atoms. The van der Waals surface area contributed by atoms with Crippen molar-refractivity contribution in [2.75, 3.05) is 52.4 Å². The van der Waals surface area contributed by atoms with Crippen molar-refractivity contribution in [1.82, 2.24) is 4.90 Å². The summed E-state index contributed by atoms with van der Waals surface area (Å²) in [5, 5.41) is 17.9. The molecule has 0 saturated heterocycles. The topological polar surface area (TPSA) is 158 Å². The van der Waals surface area contributed by atoms with Gasteiger partial charge >= 0.3 is 25.5 Å². The monoisotopic (exact) mass is 513 g/mol. The highest BCUT2D eigenvalue weighted by Crippen LogP contribution is 2.48. The van der Waals surface area contributed by atoms with Crippen molar-refractivity contribution in [3.8, 4) is 0 Å². The maximum Gasteiger partial charge on any atom is 0.347 e. The van der Waals surface area contributed by atoms with Crippen molar-refractivity contribution in [2.24, 2.45) is 0 Å². The third-order valence-electron chi connectivity index (χ3n) is 4.35. The molecule has 0 aromatic carbocycles. The predicted molar refractivity (Wildman–Crippen MR) is 122 cm³/mol. The molecule has 34 heavy (non-hydrogen) atoms. The average molecular weight is 514 g/mol. The van der Waals surface area contributed by atoms with Crippen LogP contribution in [0.5, 0.6) is 0 Å². The van der Waals surface area contributed by atoms with Crippen molar-refractivity contribution in [1.29, 1.82) is 0 Å². The van der Waals surface area contributed by atoms with Gasteiger partial charge < -0.3 is 33.5 Å². The molecule has 13 heteroatoms. The normalized spacial score (nSPS) is 13.4. The molecule has 0 aliphatic carbocycles. The van der Waals surface area contributed by atoms with Gasteiger partial charge in [-0.15, -0.1) is 0 Å². The Hall–Kier alpha value is -1.56. The molecular weight excluding hydrogens is 473 g/mol. The molecule has 200 valence electrons. The molecule has 0 heterocycles. The van der Waals surface area contributed by atoms with Gasteiger partial charge in [0.25, 0.3) is 0 Å². The zero-order valence-corrected chi connectivity index (χ0v) is 21.5. The Labute approximate surface area is 201 Å². The van der Waals surface area contributed by atoms with E-state index < -0.39 is 31.7 Å². The average Bonchev–Trinajstić information content (AvgIpc) is 2.76. The van der Waals surface area contributed by atoms with Crippen LogP contribution in [0.15, 0.2) is 0 Å². The Morgan fingerprint density at radius 3 is 2.03 bits per heavy atom. The number of carbonyl (C=O) groups is 3. The second-order valence-corrected chi connectivity index (χ2v) is 9.40. The van der Waals surface area contributed by atoms with Gasteiger partial charge in [-0.25, -0.2) is 9.59 Å². The first-order valence-electron chi connectivity index (χ1n) is 11.5. The first kappa shape index (κ1) is 32.4. The maximum absolute atomic E-state index is 12.9. The predicted octanol–water partition coefficient (Wildman–Crippen LogP) is 1.46. The Morgan fingerprint density at radius 1 is 0.912 bits per heavy atom. The molecular formula is C21H40NO11P. The summed E-state index contributed by atoms with van der Waals surface area (Å²) in [6.45, 7) is 6.56. The lowest BCUT2D eigenvalue weighted by Gasteiger charge is -2.26. The number of rotatable bonds is 20. The lowest BCUT2D eigenvalue weighted by Crippen LogP contribution is -2.35. The molecule has 0 saturated carbocycles. The summed E-state index contributed by atoms with van der Waals surface area (Å²) >= 11 is 0. The summed E-state index contributed by atoms with van der Waals surface area (Å²) in [5.74, 6) is -2.13. The third kappa shape index (κ3) is 15.4. The minimum absolute atomic E-state index is 0.0213. The number of esters is 3. The fraction of sp³-hybridized carbons (Fsp3) is 0.857. The van der Waals surface area contributed by atoms with Gasteiger partial charge in [0.05, 0.1) is 13.2 Å². The largest absolute Gasteiger partial charge is 0.464 e. The second kappa shape index (κ2) is 18.7. The highest BCUT2D eigenvalue weighted by atomic mass is 31.2. The molecule has 0 aliphatic rings. The number of aliphatic hydroxyl groups excluding tert-OH is 2. The number of carbonyl (C=O) groups excluding carboxylic acids is 3. The van der Waals surface area contributed by atoms with Gasteiger partial charge in [0.1, 0.15) is 25.6 Å². The maximum atomic E-state index is 12.9. The van der Waals surface area contributed by atoms with E-state index in [4.69, 9.17) is 33.5 Å². The molecule has 0 amide bonds. The lowest BCUT2D eigenvalue weighted by atomic mass is 10.2. The molecule has 0 radical (unpaired) electrons. The molecule has 12 nitrogen and oxygen atoms in total. The highest BCUT2D eigenvalue weighted by Gasteiger charge is 2.28. The second-order valence-electron chi connectivity index (χ2n) is 7.38. The van der Waals surface area contributed by atoms with E-state index in [1.807, 2.05) is 0 Å². The van der Waals surface area contributed by atoms with E-state index in [1.54, 1.807) is 18.7 Å². The molecule has 0 rings (SSSR count). The van der Waals surface area contributed by atoms with Crippen LogP contribution in [0.1, 0.15) is 53.4 Å². The van der Waals surface area contributed by atoms with E-state index in [1.165, 1.54) is 13.8 Å². The van der Waals surface area contributed by atoms with E-state index in [0.717, 1.165) is 6.42 Å². The van der Waals surface area contributed by atoms with E-state index in [-0.39, 0.29) is 64.8 Å². The Bertz CT molecular complexity index is 634. The van der Waals surface area contributed by atoms with E-state index >= 15 is 0 Å². The minimum Gasteiger partial charge on any atom is -0.464 e. The van der Waals surface area contributed by atoms with Crippen LogP contribution in [-0.4, -0.2) is 97.6 Å². The van der Waals surface area contributed by atoms with Crippen LogP contribution in [0.2, 0.25) is 0 Å². The molecule has 2 N–H and O–H groups in total. The van der Waals surface area contributed by atoms with E-state index in [9.17, 15) is 18.9 Å². The minimum atomic E-state index is -3.45. The lowest BCUT2D eigenvalue weighted by molar-refractivity contribution is -0.171. The Balaban J connectivity index is 4.81. The van der Waals surface area contributed by atoms with Crippen molar-refractivity contribution in [3.63, 3.8) is 0 Å². The number of aliphatic hydroxyl groups is 2. The summed E-state index contributed by atoms with van der Waals surface area (Å²) in [6, 6.07) is 0. The van der Waals surface area contributed by atoms with Crippen LogP contribution in [0, 0.1) is 0 Å². The van der Waals surface area contributed by atoms with Crippen LogP contribution in [0.3, 0.4) is 0 Å². The molecule has 2 atom stereocenters. The van der Waals surface area contributed by atoms with Gasteiger partial charge in [-0.05, 0) is 40.5 Å². The summed E-state index contributed by atoms with van der Waals surface area (Å²) in [4.78, 5) is 36.9. The van der Waals surface area contributed by atoms with Crippen LogP contribution in [0.25, 0.3) is 0 Å². The highest BCUT2D eigenvalue weighted by molar-refractivity contribution is 7.53. The van der Waals surface area contributed by atoms with Gasteiger partial charge in [0.2, 0.25) is 0 Å². The van der Waals surface area contributed by atoms with E-state index in [2.05, 4.69) is 0 Å². The summed E-state index contributed by atoms with van der Waals surface area (Å²) in [5.41, 5.74) is 0. The summed E-state index contributed by atoms with van der Waals surface area (Å²) in [6.07, 6.45) is -0.486. The quantitative estimate of drug-likeness (QED) is 0.105. The van der Waals surface area contributed by atoms with Gasteiger partial charge in [-0.2, -0.15) is 0 Å². The van der Waals surface area contributed by atoms with Crippen molar-refractivity contribution in [2.45, 2.75) is 65.6 Å². The standard InChI is InChI=1S/C21H40NO11P/c1-5-31-34(28,32-6-2)16-22(11-14-29-19(25)10-8-7-9-13-23)12-15-30-21(27)18(4)33-20(26)17(3)24/h17-18,23-24H,5-16H2,1-4H3. The number of unbranched alkanes of at least 4 members (excludes halogenated alkanes) is 2. The molecule has 0 spiro atoms.